The summed E-state index contributed by atoms with van der Waals surface area (Å²) >= 11 is 0. The van der Waals surface area contributed by atoms with Crippen LogP contribution in [-0.4, -0.2) is 22.6 Å². The van der Waals surface area contributed by atoms with Crippen molar-refractivity contribution in [2.45, 2.75) is 59.4 Å². The van der Waals surface area contributed by atoms with Crippen molar-refractivity contribution < 1.29 is 0 Å². The maximum absolute atomic E-state index is 5.62. The van der Waals surface area contributed by atoms with Crippen LogP contribution in [0.2, 0.25) is 0 Å². The average molecular weight is 277 g/mol. The third-order valence-electron chi connectivity index (χ3n) is 4.44. The van der Waals surface area contributed by atoms with Gasteiger partial charge in [0.15, 0.2) is 0 Å². The van der Waals surface area contributed by atoms with Crippen molar-refractivity contribution in [3.05, 3.63) is 11.4 Å². The Kier molecular flexibility index (Phi) is 4.48. The number of hydrazine groups is 1. The molecule has 0 spiro atoms. The summed E-state index contributed by atoms with van der Waals surface area (Å²) in [4.78, 5) is 11.7. The van der Waals surface area contributed by atoms with Crippen molar-refractivity contribution >= 4 is 11.6 Å². The van der Waals surface area contributed by atoms with Crippen LogP contribution in [0.25, 0.3) is 0 Å². The molecule has 0 aromatic carbocycles. The highest BCUT2D eigenvalue weighted by Gasteiger charge is 2.28. The van der Waals surface area contributed by atoms with E-state index in [1.54, 1.807) is 0 Å². The number of nitrogen functional groups attached to an aromatic ring is 1. The number of nitrogens with two attached hydrogens (primary N) is 1. The van der Waals surface area contributed by atoms with E-state index in [4.69, 9.17) is 10.8 Å². The average Bonchev–Trinajstić information content (AvgIpc) is 2.42. The van der Waals surface area contributed by atoms with Gasteiger partial charge in [-0.15, -0.1) is 0 Å². The Labute approximate surface area is 121 Å². The minimum atomic E-state index is 0.291. The molecule has 112 valence electrons. The van der Waals surface area contributed by atoms with E-state index in [1.807, 2.05) is 6.92 Å². The second kappa shape index (κ2) is 5.95. The van der Waals surface area contributed by atoms with E-state index in [9.17, 15) is 0 Å². The number of anilines is 2. The standard InChI is InChI=1S/C15H27N5/c1-9(2)13-17-14(19-16)11(4)15(18-13)20-8-6-7-10(3)12(20)5/h9-10,12H,6-8,16H2,1-5H3,(H,17,18,19). The van der Waals surface area contributed by atoms with Crippen LogP contribution in [0.1, 0.15) is 57.8 Å². The zero-order valence-electron chi connectivity index (χ0n) is 13.3. The van der Waals surface area contributed by atoms with Gasteiger partial charge in [-0.2, -0.15) is 0 Å². The SMILES string of the molecule is Cc1c(NN)nc(C(C)C)nc1N1CCCC(C)C1C. The Morgan fingerprint density at radius 2 is 2.00 bits per heavy atom. The second-order valence-electron chi connectivity index (χ2n) is 6.23. The summed E-state index contributed by atoms with van der Waals surface area (Å²) < 4.78 is 0. The van der Waals surface area contributed by atoms with Crippen LogP contribution in [0.3, 0.4) is 0 Å². The fraction of sp³-hybridized carbons (Fsp3) is 0.733. The molecule has 0 radical (unpaired) electrons. The molecule has 1 fully saturated rings. The Balaban J connectivity index is 2.46. The number of aromatic nitrogens is 2. The molecule has 3 N–H and O–H groups in total. The van der Waals surface area contributed by atoms with Crippen molar-refractivity contribution in [2.24, 2.45) is 11.8 Å². The van der Waals surface area contributed by atoms with Gasteiger partial charge < -0.3 is 10.3 Å². The number of hydrogen-bond donors (Lipinski definition) is 2. The zero-order chi connectivity index (χ0) is 14.9. The van der Waals surface area contributed by atoms with Crippen molar-refractivity contribution in [1.29, 1.82) is 0 Å². The minimum absolute atomic E-state index is 0.291. The predicted molar refractivity (Wildman–Crippen MR) is 83.9 cm³/mol. The van der Waals surface area contributed by atoms with Gasteiger partial charge in [0, 0.05) is 24.1 Å². The molecule has 1 aromatic heterocycles. The van der Waals surface area contributed by atoms with Gasteiger partial charge in [0.05, 0.1) is 0 Å². The number of piperidine rings is 1. The van der Waals surface area contributed by atoms with E-state index < -0.39 is 0 Å². The Morgan fingerprint density at radius 1 is 1.30 bits per heavy atom. The molecule has 5 heteroatoms. The number of nitrogens with one attached hydrogen (secondary N) is 1. The largest absolute Gasteiger partial charge is 0.353 e. The second-order valence-corrected chi connectivity index (χ2v) is 6.23. The van der Waals surface area contributed by atoms with E-state index >= 15 is 0 Å². The molecule has 1 aliphatic heterocycles. The predicted octanol–water partition coefficient (Wildman–Crippen LogP) is 2.82. The number of hydrogen-bond acceptors (Lipinski definition) is 5. The molecular formula is C15H27N5. The van der Waals surface area contributed by atoms with E-state index in [0.29, 0.717) is 17.9 Å². The highest BCUT2D eigenvalue weighted by molar-refractivity contribution is 5.59. The first kappa shape index (κ1) is 15.0. The number of nitrogens with zero attached hydrogens (tertiary/aromatic N) is 3. The molecule has 0 bridgehead atoms. The molecular weight excluding hydrogens is 250 g/mol. The van der Waals surface area contributed by atoms with E-state index in [0.717, 1.165) is 29.6 Å². The third-order valence-corrected chi connectivity index (χ3v) is 4.44. The fourth-order valence-electron chi connectivity index (χ4n) is 2.83. The molecule has 1 saturated heterocycles. The summed E-state index contributed by atoms with van der Waals surface area (Å²) in [5.41, 5.74) is 3.76. The van der Waals surface area contributed by atoms with Gasteiger partial charge in [0.2, 0.25) is 0 Å². The lowest BCUT2D eigenvalue weighted by Gasteiger charge is -2.39. The zero-order valence-corrected chi connectivity index (χ0v) is 13.3. The summed E-state index contributed by atoms with van der Waals surface area (Å²) in [5, 5.41) is 0. The lowest BCUT2D eigenvalue weighted by molar-refractivity contribution is 0.361. The molecule has 2 heterocycles. The highest BCUT2D eigenvalue weighted by atomic mass is 15.3. The topological polar surface area (TPSA) is 67.1 Å². The summed E-state index contributed by atoms with van der Waals surface area (Å²) in [6.45, 7) is 11.9. The summed E-state index contributed by atoms with van der Waals surface area (Å²) in [7, 11) is 0. The molecule has 1 aliphatic rings. The van der Waals surface area contributed by atoms with E-state index in [-0.39, 0.29) is 0 Å². The normalized spacial score (nSPS) is 23.2. The van der Waals surface area contributed by atoms with Crippen LogP contribution in [0.4, 0.5) is 11.6 Å². The number of rotatable bonds is 3. The van der Waals surface area contributed by atoms with Crippen LogP contribution in [0.15, 0.2) is 0 Å². The molecule has 5 nitrogen and oxygen atoms in total. The third kappa shape index (κ3) is 2.73. The van der Waals surface area contributed by atoms with Crippen LogP contribution < -0.4 is 16.2 Å². The van der Waals surface area contributed by atoms with Gasteiger partial charge >= 0.3 is 0 Å². The Morgan fingerprint density at radius 3 is 2.60 bits per heavy atom. The first-order valence-electron chi connectivity index (χ1n) is 7.57. The van der Waals surface area contributed by atoms with Crippen molar-refractivity contribution in [3.8, 4) is 0 Å². The maximum Gasteiger partial charge on any atom is 0.148 e. The molecule has 2 atom stereocenters. The summed E-state index contributed by atoms with van der Waals surface area (Å²) in [5.74, 6) is 9.23. The van der Waals surface area contributed by atoms with Crippen LogP contribution in [0.5, 0.6) is 0 Å². The first-order valence-corrected chi connectivity index (χ1v) is 7.57. The monoisotopic (exact) mass is 277 g/mol. The Hall–Kier alpha value is -1.36. The lowest BCUT2D eigenvalue weighted by atomic mass is 9.92. The lowest BCUT2D eigenvalue weighted by Crippen LogP contribution is -2.43. The minimum Gasteiger partial charge on any atom is -0.353 e. The smallest absolute Gasteiger partial charge is 0.148 e. The molecule has 20 heavy (non-hydrogen) atoms. The quantitative estimate of drug-likeness (QED) is 0.657. The van der Waals surface area contributed by atoms with Crippen molar-refractivity contribution in [3.63, 3.8) is 0 Å². The first-order chi connectivity index (χ1) is 9.45. The van der Waals surface area contributed by atoms with E-state index in [2.05, 4.69) is 43.0 Å². The molecule has 1 aromatic rings. The molecule has 2 rings (SSSR count). The molecule has 0 aliphatic carbocycles. The van der Waals surface area contributed by atoms with Gasteiger partial charge in [-0.25, -0.2) is 15.8 Å². The molecule has 2 unspecified atom stereocenters. The molecule has 0 amide bonds. The van der Waals surface area contributed by atoms with Gasteiger partial charge in [-0.3, -0.25) is 0 Å². The van der Waals surface area contributed by atoms with Gasteiger partial charge in [-0.1, -0.05) is 20.8 Å². The highest BCUT2D eigenvalue weighted by Crippen LogP contribution is 2.32. The van der Waals surface area contributed by atoms with E-state index in [1.165, 1.54) is 12.8 Å². The summed E-state index contributed by atoms with van der Waals surface area (Å²) in [6, 6.07) is 0.503. The van der Waals surface area contributed by atoms with Crippen LogP contribution >= 0.6 is 0 Å². The van der Waals surface area contributed by atoms with Crippen LogP contribution in [-0.2, 0) is 0 Å². The van der Waals surface area contributed by atoms with Gasteiger partial charge in [0.1, 0.15) is 17.5 Å². The van der Waals surface area contributed by atoms with Gasteiger partial charge in [-0.05, 0) is 32.6 Å². The van der Waals surface area contributed by atoms with Gasteiger partial charge in [0.25, 0.3) is 0 Å². The maximum atomic E-state index is 5.62. The van der Waals surface area contributed by atoms with Crippen molar-refractivity contribution in [1.82, 2.24) is 9.97 Å². The molecule has 0 saturated carbocycles. The summed E-state index contributed by atoms with van der Waals surface area (Å²) in [6.07, 6.45) is 2.51. The van der Waals surface area contributed by atoms with Crippen LogP contribution in [0, 0.1) is 12.8 Å². The Bertz CT molecular complexity index is 472. The van der Waals surface area contributed by atoms with Crippen molar-refractivity contribution in [2.75, 3.05) is 16.9 Å². The fourth-order valence-corrected chi connectivity index (χ4v) is 2.83.